The van der Waals surface area contributed by atoms with E-state index in [4.69, 9.17) is 12.2 Å². The second kappa shape index (κ2) is 7.14. The molecular weight excluding hydrogens is 333 g/mol. The Morgan fingerprint density at radius 3 is 2.54 bits per heavy atom. The molecule has 0 saturated carbocycles. The van der Waals surface area contributed by atoms with Gasteiger partial charge in [0, 0.05) is 17.3 Å². The minimum atomic E-state index is -0.948. The standard InChI is InChI=1S/C16H14FN3O3S/c1-9-3-5-12(10(2)7-9)15(21)19-16(24)18-11-4-6-13(17)14(8-11)20(22)23/h3-8H,1-2H3,(H2,18,19,21,24). The minimum Gasteiger partial charge on any atom is -0.332 e. The molecule has 0 unspecified atom stereocenters. The number of nitro groups is 1. The first-order valence-electron chi connectivity index (χ1n) is 6.91. The Bertz CT molecular complexity index is 839. The number of carbonyl (C=O) groups excluding carboxylic acids is 1. The van der Waals surface area contributed by atoms with Crippen LogP contribution < -0.4 is 10.6 Å². The Morgan fingerprint density at radius 1 is 1.21 bits per heavy atom. The van der Waals surface area contributed by atoms with Crippen LogP contribution in [-0.4, -0.2) is 15.9 Å². The van der Waals surface area contributed by atoms with Crippen LogP contribution in [0.3, 0.4) is 0 Å². The number of benzene rings is 2. The van der Waals surface area contributed by atoms with E-state index in [0.717, 1.165) is 23.3 Å². The first-order valence-corrected chi connectivity index (χ1v) is 7.32. The van der Waals surface area contributed by atoms with E-state index in [0.29, 0.717) is 5.56 Å². The lowest BCUT2D eigenvalue weighted by atomic mass is 10.1. The normalized spacial score (nSPS) is 10.1. The van der Waals surface area contributed by atoms with Crippen LogP contribution in [0.2, 0.25) is 0 Å². The molecule has 0 aliphatic rings. The molecule has 0 atom stereocenters. The molecule has 8 heteroatoms. The number of nitrogens with zero attached hydrogens (tertiary/aromatic N) is 1. The summed E-state index contributed by atoms with van der Waals surface area (Å²) in [5, 5.41) is 15.8. The summed E-state index contributed by atoms with van der Waals surface area (Å²) in [5.41, 5.74) is 1.82. The predicted octanol–water partition coefficient (Wildman–Crippen LogP) is 3.48. The molecule has 0 fully saturated rings. The molecule has 0 spiro atoms. The first kappa shape index (κ1) is 17.5. The smallest absolute Gasteiger partial charge is 0.306 e. The summed E-state index contributed by atoms with van der Waals surface area (Å²) in [6.45, 7) is 3.73. The van der Waals surface area contributed by atoms with Crippen LogP contribution in [0, 0.1) is 29.8 Å². The van der Waals surface area contributed by atoms with Gasteiger partial charge in [0.05, 0.1) is 4.92 Å². The van der Waals surface area contributed by atoms with Gasteiger partial charge < -0.3 is 5.32 Å². The summed E-state index contributed by atoms with van der Waals surface area (Å²) in [6, 6.07) is 8.61. The number of nitro benzene ring substituents is 1. The molecule has 24 heavy (non-hydrogen) atoms. The molecule has 2 aromatic rings. The number of hydrogen-bond acceptors (Lipinski definition) is 4. The number of thiocarbonyl (C=S) groups is 1. The van der Waals surface area contributed by atoms with Crippen LogP contribution >= 0.6 is 12.2 Å². The average molecular weight is 347 g/mol. The van der Waals surface area contributed by atoms with Crippen LogP contribution in [0.15, 0.2) is 36.4 Å². The zero-order valence-electron chi connectivity index (χ0n) is 12.9. The van der Waals surface area contributed by atoms with E-state index in [1.165, 1.54) is 6.07 Å². The number of halogens is 1. The van der Waals surface area contributed by atoms with Crippen molar-refractivity contribution in [2.75, 3.05) is 5.32 Å². The fourth-order valence-electron chi connectivity index (χ4n) is 2.13. The number of carbonyl (C=O) groups is 1. The fraction of sp³-hybridized carbons (Fsp3) is 0.125. The maximum atomic E-state index is 13.3. The second-order valence-corrected chi connectivity index (χ2v) is 5.56. The Morgan fingerprint density at radius 2 is 1.92 bits per heavy atom. The molecule has 0 radical (unpaired) electrons. The Labute approximate surface area is 142 Å². The van der Waals surface area contributed by atoms with E-state index >= 15 is 0 Å². The van der Waals surface area contributed by atoms with Crippen molar-refractivity contribution in [3.63, 3.8) is 0 Å². The van der Waals surface area contributed by atoms with Gasteiger partial charge in [-0.05, 0) is 49.8 Å². The molecule has 0 heterocycles. The van der Waals surface area contributed by atoms with Crippen molar-refractivity contribution in [3.05, 3.63) is 69.0 Å². The van der Waals surface area contributed by atoms with Gasteiger partial charge in [-0.2, -0.15) is 4.39 Å². The summed E-state index contributed by atoms with van der Waals surface area (Å²) in [7, 11) is 0. The van der Waals surface area contributed by atoms with Gasteiger partial charge >= 0.3 is 5.69 Å². The molecule has 6 nitrogen and oxygen atoms in total. The fourth-order valence-corrected chi connectivity index (χ4v) is 2.34. The Kier molecular flexibility index (Phi) is 5.20. The van der Waals surface area contributed by atoms with E-state index < -0.39 is 22.3 Å². The molecule has 124 valence electrons. The highest BCUT2D eigenvalue weighted by molar-refractivity contribution is 7.80. The number of rotatable bonds is 3. The van der Waals surface area contributed by atoms with Crippen LogP contribution in [-0.2, 0) is 0 Å². The highest BCUT2D eigenvalue weighted by Crippen LogP contribution is 2.21. The van der Waals surface area contributed by atoms with Crippen molar-refractivity contribution >= 4 is 34.6 Å². The van der Waals surface area contributed by atoms with E-state index in [1.807, 2.05) is 26.0 Å². The Hall–Kier alpha value is -2.87. The number of nitrogens with one attached hydrogen (secondary N) is 2. The SMILES string of the molecule is Cc1ccc(C(=O)NC(=S)Nc2ccc(F)c([N+](=O)[O-])c2)c(C)c1. The molecule has 2 rings (SSSR count). The lowest BCUT2D eigenvalue weighted by Gasteiger charge is -2.11. The molecule has 0 aliphatic carbocycles. The van der Waals surface area contributed by atoms with Crippen molar-refractivity contribution in [2.45, 2.75) is 13.8 Å². The van der Waals surface area contributed by atoms with Crippen LogP contribution in [0.25, 0.3) is 0 Å². The van der Waals surface area contributed by atoms with Crippen LogP contribution in [0.1, 0.15) is 21.5 Å². The van der Waals surface area contributed by atoms with Crippen LogP contribution in [0.4, 0.5) is 15.8 Å². The summed E-state index contributed by atoms with van der Waals surface area (Å²) >= 11 is 5.02. The van der Waals surface area contributed by atoms with E-state index in [2.05, 4.69) is 10.6 Å². The summed E-state index contributed by atoms with van der Waals surface area (Å²) in [6.07, 6.45) is 0. The largest absolute Gasteiger partial charge is 0.332 e. The van der Waals surface area contributed by atoms with Gasteiger partial charge in [0.15, 0.2) is 5.11 Å². The molecule has 0 aliphatic heterocycles. The zero-order valence-corrected chi connectivity index (χ0v) is 13.7. The molecule has 0 saturated heterocycles. The highest BCUT2D eigenvalue weighted by Gasteiger charge is 2.16. The predicted molar refractivity (Wildman–Crippen MR) is 92.7 cm³/mol. The van der Waals surface area contributed by atoms with Gasteiger partial charge in [-0.1, -0.05) is 17.7 Å². The van der Waals surface area contributed by atoms with Gasteiger partial charge in [0.1, 0.15) is 0 Å². The monoisotopic (exact) mass is 347 g/mol. The minimum absolute atomic E-state index is 0.0409. The lowest BCUT2D eigenvalue weighted by molar-refractivity contribution is -0.387. The third-order valence-corrected chi connectivity index (χ3v) is 3.46. The number of amides is 1. The van der Waals surface area contributed by atoms with E-state index in [9.17, 15) is 19.3 Å². The summed E-state index contributed by atoms with van der Waals surface area (Å²) in [5.74, 6) is -1.35. The lowest BCUT2D eigenvalue weighted by Crippen LogP contribution is -2.34. The van der Waals surface area contributed by atoms with Crippen molar-refractivity contribution < 1.29 is 14.1 Å². The third-order valence-electron chi connectivity index (χ3n) is 3.25. The summed E-state index contributed by atoms with van der Waals surface area (Å²) in [4.78, 5) is 22.1. The number of aryl methyl sites for hydroxylation is 2. The van der Waals surface area contributed by atoms with Crippen molar-refractivity contribution in [1.29, 1.82) is 0 Å². The molecular formula is C16H14FN3O3S. The van der Waals surface area contributed by atoms with Crippen molar-refractivity contribution in [2.24, 2.45) is 0 Å². The van der Waals surface area contributed by atoms with Gasteiger partial charge in [-0.25, -0.2) is 0 Å². The quantitative estimate of drug-likeness (QED) is 0.504. The molecule has 0 aromatic heterocycles. The van der Waals surface area contributed by atoms with Gasteiger partial charge in [0.2, 0.25) is 5.82 Å². The van der Waals surface area contributed by atoms with Crippen molar-refractivity contribution in [3.8, 4) is 0 Å². The Balaban J connectivity index is 2.09. The van der Waals surface area contributed by atoms with Gasteiger partial charge in [-0.3, -0.25) is 20.2 Å². The number of anilines is 1. The van der Waals surface area contributed by atoms with Gasteiger partial charge in [0.25, 0.3) is 5.91 Å². The topological polar surface area (TPSA) is 84.3 Å². The maximum Gasteiger partial charge on any atom is 0.306 e. The van der Waals surface area contributed by atoms with Crippen molar-refractivity contribution in [1.82, 2.24) is 5.32 Å². The molecule has 1 amide bonds. The van der Waals surface area contributed by atoms with E-state index in [-0.39, 0.29) is 10.8 Å². The molecule has 2 aromatic carbocycles. The average Bonchev–Trinajstić information content (AvgIpc) is 2.48. The van der Waals surface area contributed by atoms with Gasteiger partial charge in [-0.15, -0.1) is 0 Å². The zero-order chi connectivity index (χ0) is 17.9. The highest BCUT2D eigenvalue weighted by atomic mass is 32.1. The second-order valence-electron chi connectivity index (χ2n) is 5.15. The maximum absolute atomic E-state index is 13.3. The summed E-state index contributed by atoms with van der Waals surface area (Å²) < 4.78 is 13.3. The van der Waals surface area contributed by atoms with Crippen LogP contribution in [0.5, 0.6) is 0 Å². The molecule has 2 N–H and O–H groups in total. The van der Waals surface area contributed by atoms with E-state index in [1.54, 1.807) is 6.07 Å². The number of hydrogen-bond donors (Lipinski definition) is 2. The third kappa shape index (κ3) is 4.11. The first-order chi connectivity index (χ1) is 11.3. The molecule has 0 bridgehead atoms.